The van der Waals surface area contributed by atoms with Gasteiger partial charge in [0.05, 0.1) is 10.5 Å². The van der Waals surface area contributed by atoms with Crippen molar-refractivity contribution >= 4 is 15.7 Å². The van der Waals surface area contributed by atoms with Gasteiger partial charge < -0.3 is 4.90 Å². The monoisotopic (exact) mass is 414 g/mol. The summed E-state index contributed by atoms with van der Waals surface area (Å²) < 4.78 is 64.5. The molecule has 6 nitrogen and oxygen atoms in total. The summed E-state index contributed by atoms with van der Waals surface area (Å²) in [6.07, 6.45) is -0.986. The van der Waals surface area contributed by atoms with Crippen LogP contribution in [-0.4, -0.2) is 47.0 Å². The van der Waals surface area contributed by atoms with Crippen LogP contribution in [0.2, 0.25) is 0 Å². The molecule has 0 aromatic carbocycles. The highest BCUT2D eigenvalue weighted by atomic mass is 32.2. The summed E-state index contributed by atoms with van der Waals surface area (Å²) in [7, 11) is -3.34. The van der Waals surface area contributed by atoms with Gasteiger partial charge >= 0.3 is 6.18 Å². The van der Waals surface area contributed by atoms with Crippen LogP contribution in [0.4, 0.5) is 19.0 Å². The van der Waals surface area contributed by atoms with Gasteiger partial charge in [-0.05, 0) is 25.0 Å². The molecule has 0 bridgehead atoms. The van der Waals surface area contributed by atoms with Crippen LogP contribution >= 0.6 is 0 Å². The highest BCUT2D eigenvalue weighted by Crippen LogP contribution is 2.36. The molecular formula is C18H21F3N4O2S. The highest BCUT2D eigenvalue weighted by Gasteiger charge is 2.46. The van der Waals surface area contributed by atoms with Crippen LogP contribution in [0.3, 0.4) is 0 Å². The summed E-state index contributed by atoms with van der Waals surface area (Å²) in [6.45, 7) is 3.76. The van der Waals surface area contributed by atoms with E-state index in [4.69, 9.17) is 0 Å². The second kappa shape index (κ2) is 7.31. The first-order chi connectivity index (χ1) is 13.1. The first-order valence-electron chi connectivity index (χ1n) is 8.96. The van der Waals surface area contributed by atoms with E-state index in [9.17, 15) is 21.6 Å². The van der Waals surface area contributed by atoms with Crippen LogP contribution in [-0.2, 0) is 16.0 Å². The van der Waals surface area contributed by atoms with E-state index >= 15 is 0 Å². The maximum Gasteiger partial charge on any atom is 0.433 e. The Morgan fingerprint density at radius 2 is 1.93 bits per heavy atom. The zero-order valence-corrected chi connectivity index (χ0v) is 16.4. The van der Waals surface area contributed by atoms with Gasteiger partial charge in [0.25, 0.3) is 0 Å². The number of hydrogen-bond acceptors (Lipinski definition) is 6. The molecule has 0 saturated carbocycles. The zero-order valence-electron chi connectivity index (χ0n) is 15.6. The Morgan fingerprint density at radius 3 is 2.50 bits per heavy atom. The molecule has 3 rings (SSSR count). The molecule has 3 heterocycles. The minimum absolute atomic E-state index is 0.0716. The largest absolute Gasteiger partial charge is 0.433 e. The van der Waals surface area contributed by atoms with Crippen LogP contribution in [0.5, 0.6) is 0 Å². The fraction of sp³-hybridized carbons (Fsp3) is 0.500. The van der Waals surface area contributed by atoms with E-state index in [1.807, 2.05) is 0 Å². The van der Waals surface area contributed by atoms with Gasteiger partial charge in [-0.2, -0.15) is 13.2 Å². The third-order valence-electron chi connectivity index (χ3n) is 5.30. The number of anilines is 1. The number of pyridine rings is 1. The molecule has 1 fully saturated rings. The lowest BCUT2D eigenvalue weighted by molar-refractivity contribution is -0.141. The first-order valence-corrected chi connectivity index (χ1v) is 10.6. The molecule has 0 spiro atoms. The van der Waals surface area contributed by atoms with Crippen molar-refractivity contribution in [3.63, 3.8) is 0 Å². The van der Waals surface area contributed by atoms with Crippen molar-refractivity contribution in [2.24, 2.45) is 0 Å². The van der Waals surface area contributed by atoms with E-state index < -0.39 is 26.5 Å². The smallest absolute Gasteiger partial charge is 0.354 e. The maximum absolute atomic E-state index is 13.4. The average Bonchev–Trinajstić information content (AvgIpc) is 2.68. The van der Waals surface area contributed by atoms with E-state index in [2.05, 4.69) is 15.0 Å². The lowest BCUT2D eigenvalue weighted by Crippen LogP contribution is -2.56. The van der Waals surface area contributed by atoms with Crippen molar-refractivity contribution in [3.05, 3.63) is 36.3 Å². The predicted molar refractivity (Wildman–Crippen MR) is 99.6 cm³/mol. The van der Waals surface area contributed by atoms with Gasteiger partial charge in [0.15, 0.2) is 21.4 Å². The highest BCUT2D eigenvalue weighted by molar-refractivity contribution is 7.92. The molecule has 2 aromatic rings. The molecule has 0 amide bonds. The summed E-state index contributed by atoms with van der Waals surface area (Å²) in [5.41, 5.74) is -0.708. The number of aromatic nitrogens is 3. The standard InChI is InChI=1S/C18H21F3N4O2S/c1-3-17(4-2)12-25(8-9-28(17,26)27)15-10-14(18(19,20)21)23-16(24-15)13-6-5-7-22-11-13/h5-7,10-11H,3-4,8-9,12H2,1-2H3. The van der Waals surface area contributed by atoms with Crippen molar-refractivity contribution in [3.8, 4) is 11.4 Å². The summed E-state index contributed by atoms with van der Waals surface area (Å²) in [4.78, 5) is 13.5. The Bertz CT molecular complexity index is 945. The molecule has 1 saturated heterocycles. The molecule has 0 atom stereocenters. The lowest BCUT2D eigenvalue weighted by Gasteiger charge is -2.42. The number of hydrogen-bond donors (Lipinski definition) is 0. The molecule has 0 unspecified atom stereocenters. The molecule has 2 aromatic heterocycles. The first kappa shape index (κ1) is 20.5. The number of sulfone groups is 1. The topological polar surface area (TPSA) is 76.1 Å². The quantitative estimate of drug-likeness (QED) is 0.764. The molecule has 152 valence electrons. The van der Waals surface area contributed by atoms with Gasteiger partial charge in [-0.3, -0.25) is 4.98 Å². The Hall–Kier alpha value is -2.23. The molecule has 1 aliphatic heterocycles. The molecule has 1 aliphatic rings. The molecule has 10 heteroatoms. The Labute approximate surface area is 161 Å². The molecule has 0 N–H and O–H groups in total. The Balaban J connectivity index is 2.09. The predicted octanol–water partition coefficient (Wildman–Crippen LogP) is 3.35. The van der Waals surface area contributed by atoms with Gasteiger partial charge in [0, 0.05) is 37.1 Å². The lowest BCUT2D eigenvalue weighted by atomic mass is 10.0. The molecule has 28 heavy (non-hydrogen) atoms. The summed E-state index contributed by atoms with van der Waals surface area (Å²) in [6, 6.07) is 4.05. The van der Waals surface area contributed by atoms with E-state index in [0.717, 1.165) is 6.07 Å². The summed E-state index contributed by atoms with van der Waals surface area (Å²) in [5, 5.41) is 0. The maximum atomic E-state index is 13.4. The van der Waals surface area contributed by atoms with Crippen molar-refractivity contribution in [2.75, 3.05) is 23.7 Å². The Kier molecular flexibility index (Phi) is 5.35. The van der Waals surface area contributed by atoms with Crippen LogP contribution in [0.1, 0.15) is 32.4 Å². The normalized spacial score (nSPS) is 18.8. The van der Waals surface area contributed by atoms with Gasteiger partial charge in [0.2, 0.25) is 0 Å². The van der Waals surface area contributed by atoms with E-state index in [-0.39, 0.29) is 30.5 Å². The van der Waals surface area contributed by atoms with Gasteiger partial charge in [-0.1, -0.05) is 13.8 Å². The fourth-order valence-electron chi connectivity index (χ4n) is 3.45. The molecule has 0 radical (unpaired) electrons. The van der Waals surface area contributed by atoms with Crippen LogP contribution in [0.15, 0.2) is 30.6 Å². The average molecular weight is 414 g/mol. The third kappa shape index (κ3) is 3.69. The second-order valence-corrected chi connectivity index (χ2v) is 9.31. The van der Waals surface area contributed by atoms with Crippen molar-refractivity contribution < 1.29 is 21.6 Å². The summed E-state index contributed by atoms with van der Waals surface area (Å²) >= 11 is 0. The number of alkyl halides is 3. The number of nitrogens with zero attached hydrogens (tertiary/aromatic N) is 4. The van der Waals surface area contributed by atoms with Crippen LogP contribution in [0.25, 0.3) is 11.4 Å². The van der Waals surface area contributed by atoms with Gasteiger partial charge in [0.1, 0.15) is 5.82 Å². The fourth-order valence-corrected chi connectivity index (χ4v) is 5.57. The third-order valence-corrected chi connectivity index (χ3v) is 8.05. The van der Waals surface area contributed by atoms with Gasteiger partial charge in [-0.25, -0.2) is 18.4 Å². The molecular weight excluding hydrogens is 393 g/mol. The molecule has 0 aliphatic carbocycles. The van der Waals surface area contributed by atoms with E-state index in [0.29, 0.717) is 18.4 Å². The Morgan fingerprint density at radius 1 is 1.21 bits per heavy atom. The van der Waals surface area contributed by atoms with Crippen molar-refractivity contribution in [2.45, 2.75) is 37.6 Å². The zero-order chi connectivity index (χ0) is 20.6. The van der Waals surface area contributed by atoms with Crippen molar-refractivity contribution in [1.29, 1.82) is 0 Å². The SMILES string of the molecule is CCC1(CC)CN(c2cc(C(F)(F)F)nc(-c3cccnc3)n2)CCS1(=O)=O. The van der Waals surface area contributed by atoms with Gasteiger partial charge in [-0.15, -0.1) is 0 Å². The summed E-state index contributed by atoms with van der Waals surface area (Å²) in [5.74, 6) is -0.144. The van der Waals surface area contributed by atoms with E-state index in [1.54, 1.807) is 30.9 Å². The number of halogens is 3. The van der Waals surface area contributed by atoms with Crippen molar-refractivity contribution in [1.82, 2.24) is 15.0 Å². The van der Waals surface area contributed by atoms with E-state index in [1.165, 1.54) is 12.4 Å². The van der Waals surface area contributed by atoms with Crippen LogP contribution < -0.4 is 4.90 Å². The number of rotatable bonds is 4. The minimum atomic E-state index is -4.65. The second-order valence-electron chi connectivity index (χ2n) is 6.80. The van der Waals surface area contributed by atoms with Crippen LogP contribution in [0, 0.1) is 0 Å². The minimum Gasteiger partial charge on any atom is -0.354 e.